The van der Waals surface area contributed by atoms with Gasteiger partial charge in [-0.2, -0.15) is 17.8 Å². The molecule has 83 heavy (non-hydrogen) atoms. The Morgan fingerprint density at radius 2 is 1.58 bits per heavy atom. The minimum absolute atomic E-state index is 0.000878. The van der Waals surface area contributed by atoms with E-state index < -0.39 is 69.7 Å². The smallest absolute Gasteiger partial charge is 0.301 e. The standard InChI is InChI=1S/C60H69F3N12O6S2/c1-35(2)53(60(79)75-33-45(76)27-51(75)59(78)67-36(3)39-6-8-41(9-7-39)57-37(4)66-34-82-57)50-28-52(70(5)68-50)73-24-22-71(23-25-73)31-38-16-19-72(20-17-38)44-12-10-40(11-13-44)42-26-46-47(30-65-58(46)64-29-42)56(77)54-48(62)14-15-49(55(54)63)69-83(80,81)74-21-18-43(61)32-74/h6-15,26,28-30,34-36,38,43,45,51,53,69,76H,16-25,27,31-33H2,1-5H3,(H,64,65)(H,67,78)/t36?,43-,45-,51+,53?/m1/s1. The first-order valence-electron chi connectivity index (χ1n) is 28.4. The maximum absolute atomic E-state index is 15.9. The van der Waals surface area contributed by atoms with Crippen molar-refractivity contribution in [3.63, 3.8) is 0 Å². The number of aromatic nitrogens is 5. The van der Waals surface area contributed by atoms with E-state index in [1.54, 1.807) is 28.5 Å². The average Bonchev–Trinajstić information content (AvgIpc) is 4.38. The highest BCUT2D eigenvalue weighted by Crippen LogP contribution is 2.36. The number of hydrogen-bond donors (Lipinski definition) is 4. The highest BCUT2D eigenvalue weighted by molar-refractivity contribution is 7.90. The fraction of sp³-hybridized carbons (Fsp3) is 0.433. The Morgan fingerprint density at radius 1 is 0.855 bits per heavy atom. The molecule has 11 rings (SSSR count). The van der Waals surface area contributed by atoms with Gasteiger partial charge in [-0.3, -0.25) is 28.7 Å². The summed E-state index contributed by atoms with van der Waals surface area (Å²) in [6.07, 6.45) is 3.03. The van der Waals surface area contributed by atoms with Crippen LogP contribution in [0.5, 0.6) is 0 Å². The summed E-state index contributed by atoms with van der Waals surface area (Å²) < 4.78 is 75.4. The molecule has 2 unspecified atom stereocenters. The third kappa shape index (κ3) is 12.0. The van der Waals surface area contributed by atoms with Crippen LogP contribution in [-0.2, 0) is 26.8 Å². The summed E-state index contributed by atoms with van der Waals surface area (Å²) in [6, 6.07) is 20.5. The van der Waals surface area contributed by atoms with Crippen molar-refractivity contribution in [3.8, 4) is 21.6 Å². The van der Waals surface area contributed by atoms with Crippen LogP contribution in [-0.4, -0.2) is 154 Å². The molecule has 4 aliphatic rings. The number of carbonyl (C=O) groups is 3. The number of thiazole rings is 1. The average molecular weight is 1180 g/mol. The minimum atomic E-state index is -4.37. The number of ketones is 1. The Bertz CT molecular complexity index is 3630. The lowest BCUT2D eigenvalue weighted by atomic mass is 9.90. The fourth-order valence-corrected chi connectivity index (χ4v) is 14.3. The number of benzene rings is 3. The van der Waals surface area contributed by atoms with Crippen LogP contribution in [0.3, 0.4) is 0 Å². The zero-order chi connectivity index (χ0) is 58.4. The Hall–Kier alpha value is -7.18. The van der Waals surface area contributed by atoms with Gasteiger partial charge in [-0.25, -0.2) is 23.1 Å². The molecule has 0 aliphatic carbocycles. The van der Waals surface area contributed by atoms with Crippen LogP contribution in [0, 0.1) is 30.4 Å². The monoisotopic (exact) mass is 1170 g/mol. The fourth-order valence-electron chi connectivity index (χ4n) is 12.3. The van der Waals surface area contributed by atoms with E-state index in [0.717, 1.165) is 114 Å². The number of fused-ring (bicyclic) bond motifs is 1. The maximum atomic E-state index is 15.9. The van der Waals surface area contributed by atoms with Gasteiger partial charge >= 0.3 is 10.2 Å². The summed E-state index contributed by atoms with van der Waals surface area (Å²) in [5, 5.41) is 19.2. The predicted octanol–water partition coefficient (Wildman–Crippen LogP) is 8.22. The molecule has 0 spiro atoms. The van der Waals surface area contributed by atoms with Crippen molar-refractivity contribution in [2.45, 2.75) is 83.7 Å². The van der Waals surface area contributed by atoms with Crippen molar-refractivity contribution in [2.75, 3.05) is 80.0 Å². The summed E-state index contributed by atoms with van der Waals surface area (Å²) in [5.74, 6) is -3.32. The van der Waals surface area contributed by atoms with E-state index in [-0.39, 0.29) is 55.3 Å². The molecule has 3 aromatic carbocycles. The zero-order valence-electron chi connectivity index (χ0n) is 47.1. The van der Waals surface area contributed by atoms with Crippen LogP contribution < -0.4 is 19.8 Å². The summed E-state index contributed by atoms with van der Waals surface area (Å²) in [4.78, 5) is 64.0. The van der Waals surface area contributed by atoms with Crippen molar-refractivity contribution in [3.05, 3.63) is 130 Å². The molecule has 0 saturated carbocycles. The van der Waals surface area contributed by atoms with Gasteiger partial charge < -0.3 is 30.1 Å². The first-order chi connectivity index (χ1) is 39.8. The Balaban J connectivity index is 0.666. The van der Waals surface area contributed by atoms with Gasteiger partial charge in [-0.1, -0.05) is 50.2 Å². The number of nitrogens with zero attached hydrogens (tertiary/aromatic N) is 9. The first kappa shape index (κ1) is 57.6. The van der Waals surface area contributed by atoms with Crippen LogP contribution in [0.4, 0.5) is 30.4 Å². The number of β-amino-alcohol motifs (C(OH)–C–C–N with tert-alkyl or cyclic N) is 1. The van der Waals surface area contributed by atoms with Crippen LogP contribution in [0.1, 0.15) is 91.3 Å². The Morgan fingerprint density at radius 3 is 2.25 bits per heavy atom. The van der Waals surface area contributed by atoms with E-state index in [1.807, 2.05) is 87.4 Å². The second kappa shape index (κ2) is 23.8. The van der Waals surface area contributed by atoms with E-state index in [0.29, 0.717) is 28.2 Å². The number of carbonyl (C=O) groups excluding carboxylic acids is 3. The molecule has 4 saturated heterocycles. The number of piperazine rings is 1. The molecule has 4 aliphatic heterocycles. The van der Waals surface area contributed by atoms with Crippen LogP contribution in [0.25, 0.3) is 32.6 Å². The second-order valence-electron chi connectivity index (χ2n) is 22.8. The van der Waals surface area contributed by atoms with Crippen LogP contribution in [0.2, 0.25) is 0 Å². The van der Waals surface area contributed by atoms with Gasteiger partial charge in [0.15, 0.2) is 5.82 Å². The molecule has 4 N–H and O–H groups in total. The van der Waals surface area contributed by atoms with Crippen molar-refractivity contribution in [1.82, 2.24) is 44.2 Å². The number of amides is 2. The van der Waals surface area contributed by atoms with E-state index in [4.69, 9.17) is 5.10 Å². The van der Waals surface area contributed by atoms with E-state index >= 15 is 8.78 Å². The summed E-state index contributed by atoms with van der Waals surface area (Å²) in [5.41, 5.74) is 6.74. The van der Waals surface area contributed by atoms with Gasteiger partial charge in [0.2, 0.25) is 17.6 Å². The number of aryl methyl sites for hydroxylation is 2. The zero-order valence-corrected chi connectivity index (χ0v) is 48.7. The van der Waals surface area contributed by atoms with Crippen LogP contribution in [0.15, 0.2) is 90.7 Å². The molecule has 23 heteroatoms. The molecule has 4 fully saturated rings. The van der Waals surface area contributed by atoms with Crippen molar-refractivity contribution in [2.24, 2.45) is 18.9 Å². The van der Waals surface area contributed by atoms with Crippen LogP contribution >= 0.6 is 11.3 Å². The van der Waals surface area contributed by atoms with Crippen molar-refractivity contribution in [1.29, 1.82) is 0 Å². The van der Waals surface area contributed by atoms with Gasteiger partial charge in [0, 0.05) is 120 Å². The van der Waals surface area contributed by atoms with Gasteiger partial charge in [0.1, 0.15) is 29.5 Å². The van der Waals surface area contributed by atoms with Gasteiger partial charge in [0.25, 0.3) is 0 Å². The number of rotatable bonds is 17. The topological polar surface area (TPSA) is 205 Å². The number of alkyl halides is 1. The molecular formula is C60H69F3N12O6S2. The number of hydrogen-bond acceptors (Lipinski definition) is 13. The number of aliphatic hydroxyl groups excluding tert-OH is 1. The SMILES string of the molecule is Cc1ncsc1-c1ccc(C(C)NC(=O)[C@@H]2C[C@@H](O)CN2C(=O)C(c2cc(N3CCN(CC4CCN(c5ccc(-c6cnc7[nH]cc(C(=O)c8c(F)ccc(NS(=O)(=O)N9CC[C@@H](F)C9)c8F)c7c6)cc5)CC4)CC3)n(C)n2)C(C)C)cc1. The first-order valence-corrected chi connectivity index (χ1v) is 30.7. The third-order valence-corrected chi connectivity index (χ3v) is 19.4. The number of likely N-dealkylation sites (tertiary alicyclic amines) is 1. The lowest BCUT2D eigenvalue weighted by Gasteiger charge is -2.40. The number of nitrogens with one attached hydrogen (secondary N) is 3. The lowest BCUT2D eigenvalue weighted by Crippen LogP contribution is -2.49. The molecule has 8 heterocycles. The number of pyridine rings is 1. The van der Waals surface area contributed by atoms with E-state index in [1.165, 1.54) is 6.20 Å². The molecule has 0 bridgehead atoms. The Kier molecular flexibility index (Phi) is 16.5. The third-order valence-electron chi connectivity index (χ3n) is 16.9. The predicted molar refractivity (Wildman–Crippen MR) is 314 cm³/mol. The molecular weight excluding hydrogens is 1110 g/mol. The molecule has 4 aromatic heterocycles. The molecule has 5 atom stereocenters. The van der Waals surface area contributed by atoms with Gasteiger partial charge in [-0.05, 0) is 92.0 Å². The summed E-state index contributed by atoms with van der Waals surface area (Å²) in [7, 11) is -2.46. The molecule has 0 radical (unpaired) electrons. The summed E-state index contributed by atoms with van der Waals surface area (Å²) >= 11 is 1.59. The minimum Gasteiger partial charge on any atom is -0.391 e. The number of aliphatic hydroxyl groups is 1. The van der Waals surface area contributed by atoms with E-state index in [9.17, 15) is 32.3 Å². The molecule has 438 valence electrons. The maximum Gasteiger partial charge on any atom is 0.301 e. The number of piperidine rings is 1. The van der Waals surface area contributed by atoms with Gasteiger partial charge in [0.05, 0.1) is 51.1 Å². The number of H-pyrrole nitrogens is 1. The van der Waals surface area contributed by atoms with Crippen molar-refractivity contribution < 1.29 is 41.1 Å². The van der Waals surface area contributed by atoms with E-state index in [2.05, 4.69) is 51.8 Å². The summed E-state index contributed by atoms with van der Waals surface area (Å²) in [6.45, 7) is 13.7. The number of anilines is 3. The van der Waals surface area contributed by atoms with Gasteiger partial charge in [-0.15, -0.1) is 11.3 Å². The lowest BCUT2D eigenvalue weighted by molar-refractivity contribution is -0.140. The molecule has 2 amide bonds. The highest BCUT2D eigenvalue weighted by atomic mass is 32.2. The number of halogens is 3. The Labute approximate surface area is 484 Å². The second-order valence-corrected chi connectivity index (χ2v) is 25.4. The number of aromatic amines is 1. The largest absolute Gasteiger partial charge is 0.391 e. The normalized spacial score (nSPS) is 20.2. The van der Waals surface area contributed by atoms with Crippen molar-refractivity contribution >= 4 is 67.4 Å². The molecule has 7 aromatic rings. The highest BCUT2D eigenvalue weighted by Gasteiger charge is 2.44. The molecule has 18 nitrogen and oxygen atoms in total. The quantitative estimate of drug-likeness (QED) is 0.0637.